The third-order valence-corrected chi connectivity index (χ3v) is 5.30. The lowest BCUT2D eigenvalue weighted by Crippen LogP contribution is -2.38. The summed E-state index contributed by atoms with van der Waals surface area (Å²) in [7, 11) is 0. The standard InChI is InChI=1S/C22H23N5O/c1-15-2-7-19-20(12-15)26-21(25-19)14-27-10-8-17(9-11-27)22(28)24-18-5-3-16(13-23)4-6-18/h2-7,12,17H,8-11,14H2,1H3,(H,24,28)(H,25,26). The summed E-state index contributed by atoms with van der Waals surface area (Å²) in [5, 5.41) is 11.8. The molecule has 142 valence electrons. The number of carbonyl (C=O) groups excluding carboxylic acids is 1. The number of anilines is 1. The Morgan fingerprint density at radius 2 is 2.00 bits per heavy atom. The molecule has 1 amide bonds. The Hall–Kier alpha value is -3.17. The van der Waals surface area contributed by atoms with E-state index in [1.807, 2.05) is 6.07 Å². The fourth-order valence-corrected chi connectivity index (χ4v) is 3.69. The van der Waals surface area contributed by atoms with Crippen molar-refractivity contribution >= 4 is 22.6 Å². The number of benzene rings is 2. The van der Waals surface area contributed by atoms with Crippen LogP contribution in [0.5, 0.6) is 0 Å². The Balaban J connectivity index is 1.30. The van der Waals surface area contributed by atoms with Gasteiger partial charge in [0.1, 0.15) is 5.82 Å². The van der Waals surface area contributed by atoms with Crippen LogP contribution >= 0.6 is 0 Å². The van der Waals surface area contributed by atoms with Crippen molar-refractivity contribution < 1.29 is 4.79 Å². The van der Waals surface area contributed by atoms with Crippen LogP contribution in [0.25, 0.3) is 11.0 Å². The maximum atomic E-state index is 12.5. The summed E-state index contributed by atoms with van der Waals surface area (Å²) >= 11 is 0. The first-order chi connectivity index (χ1) is 13.6. The molecule has 1 fully saturated rings. The quantitative estimate of drug-likeness (QED) is 0.732. The van der Waals surface area contributed by atoms with Crippen molar-refractivity contribution in [1.29, 1.82) is 5.26 Å². The molecule has 28 heavy (non-hydrogen) atoms. The van der Waals surface area contributed by atoms with Crippen molar-refractivity contribution in [3.63, 3.8) is 0 Å². The number of amides is 1. The van der Waals surface area contributed by atoms with E-state index in [9.17, 15) is 4.79 Å². The zero-order chi connectivity index (χ0) is 19.5. The maximum Gasteiger partial charge on any atom is 0.227 e. The van der Waals surface area contributed by atoms with Crippen LogP contribution in [0.2, 0.25) is 0 Å². The van der Waals surface area contributed by atoms with Crippen LogP contribution in [0.3, 0.4) is 0 Å². The van der Waals surface area contributed by atoms with E-state index >= 15 is 0 Å². The molecule has 4 rings (SSSR count). The monoisotopic (exact) mass is 373 g/mol. The van der Waals surface area contributed by atoms with Gasteiger partial charge >= 0.3 is 0 Å². The van der Waals surface area contributed by atoms with Crippen LogP contribution in [0.15, 0.2) is 42.5 Å². The molecule has 0 unspecified atom stereocenters. The highest BCUT2D eigenvalue weighted by Crippen LogP contribution is 2.22. The van der Waals surface area contributed by atoms with Gasteiger partial charge in [0.25, 0.3) is 0 Å². The first-order valence-electron chi connectivity index (χ1n) is 9.59. The second kappa shape index (κ2) is 7.83. The number of rotatable bonds is 4. The molecule has 1 aromatic heterocycles. The van der Waals surface area contributed by atoms with Gasteiger partial charge in [-0.15, -0.1) is 0 Å². The van der Waals surface area contributed by atoms with Gasteiger partial charge < -0.3 is 10.3 Å². The average molecular weight is 373 g/mol. The van der Waals surface area contributed by atoms with E-state index < -0.39 is 0 Å². The molecule has 0 radical (unpaired) electrons. The molecule has 2 heterocycles. The topological polar surface area (TPSA) is 84.8 Å². The number of aromatic amines is 1. The molecule has 3 aromatic rings. The number of fused-ring (bicyclic) bond motifs is 1. The number of aryl methyl sites for hydroxylation is 1. The number of aromatic nitrogens is 2. The Kier molecular flexibility index (Phi) is 5.09. The Labute approximate surface area is 164 Å². The second-order valence-corrected chi connectivity index (χ2v) is 7.43. The van der Waals surface area contributed by atoms with Crippen LogP contribution < -0.4 is 5.32 Å². The normalized spacial score (nSPS) is 15.4. The van der Waals surface area contributed by atoms with Gasteiger partial charge in [-0.2, -0.15) is 5.26 Å². The van der Waals surface area contributed by atoms with Crippen molar-refractivity contribution in [2.75, 3.05) is 18.4 Å². The van der Waals surface area contributed by atoms with Gasteiger partial charge in [-0.25, -0.2) is 4.98 Å². The number of likely N-dealkylation sites (tertiary alicyclic amines) is 1. The van der Waals surface area contributed by atoms with E-state index in [1.165, 1.54) is 5.56 Å². The number of carbonyl (C=O) groups is 1. The predicted molar refractivity (Wildman–Crippen MR) is 109 cm³/mol. The van der Waals surface area contributed by atoms with E-state index in [4.69, 9.17) is 5.26 Å². The van der Waals surface area contributed by atoms with Crippen LogP contribution in [-0.4, -0.2) is 33.9 Å². The van der Waals surface area contributed by atoms with Crippen molar-refractivity contribution in [2.24, 2.45) is 5.92 Å². The molecule has 1 aliphatic heterocycles. The van der Waals surface area contributed by atoms with Crippen LogP contribution in [0.4, 0.5) is 5.69 Å². The molecule has 2 N–H and O–H groups in total. The van der Waals surface area contributed by atoms with E-state index in [0.717, 1.165) is 55.0 Å². The second-order valence-electron chi connectivity index (χ2n) is 7.43. The predicted octanol–water partition coefficient (Wildman–Crippen LogP) is 3.59. The number of piperidine rings is 1. The summed E-state index contributed by atoms with van der Waals surface area (Å²) in [6.45, 7) is 4.61. The Morgan fingerprint density at radius 1 is 1.25 bits per heavy atom. The lowest BCUT2D eigenvalue weighted by atomic mass is 9.95. The highest BCUT2D eigenvalue weighted by molar-refractivity contribution is 5.92. The Bertz CT molecular complexity index is 1020. The fourth-order valence-electron chi connectivity index (χ4n) is 3.69. The smallest absolute Gasteiger partial charge is 0.227 e. The zero-order valence-electron chi connectivity index (χ0n) is 15.9. The van der Waals surface area contributed by atoms with Crippen molar-refractivity contribution in [3.8, 4) is 6.07 Å². The van der Waals surface area contributed by atoms with Crippen LogP contribution in [0.1, 0.15) is 29.8 Å². The van der Waals surface area contributed by atoms with Gasteiger partial charge in [0.15, 0.2) is 0 Å². The molecule has 6 heteroatoms. The van der Waals surface area contributed by atoms with E-state index in [1.54, 1.807) is 24.3 Å². The third kappa shape index (κ3) is 4.05. The third-order valence-electron chi connectivity index (χ3n) is 5.30. The first kappa shape index (κ1) is 18.2. The molecule has 1 saturated heterocycles. The fraction of sp³-hybridized carbons (Fsp3) is 0.318. The van der Waals surface area contributed by atoms with Crippen molar-refractivity contribution in [2.45, 2.75) is 26.3 Å². The van der Waals surface area contributed by atoms with Crippen LogP contribution in [-0.2, 0) is 11.3 Å². The minimum atomic E-state index is 0.0187. The highest BCUT2D eigenvalue weighted by atomic mass is 16.1. The number of nitrogens with one attached hydrogen (secondary N) is 2. The van der Waals surface area contributed by atoms with Gasteiger partial charge in [-0.3, -0.25) is 9.69 Å². The molecule has 6 nitrogen and oxygen atoms in total. The minimum absolute atomic E-state index is 0.0187. The van der Waals surface area contributed by atoms with Gasteiger partial charge in [-0.05, 0) is 74.8 Å². The zero-order valence-corrected chi connectivity index (χ0v) is 15.9. The van der Waals surface area contributed by atoms with Gasteiger partial charge in [0.2, 0.25) is 5.91 Å². The minimum Gasteiger partial charge on any atom is -0.341 e. The lowest BCUT2D eigenvalue weighted by molar-refractivity contribution is -0.121. The summed E-state index contributed by atoms with van der Waals surface area (Å²) < 4.78 is 0. The number of H-pyrrole nitrogens is 1. The summed E-state index contributed by atoms with van der Waals surface area (Å²) in [5.41, 5.74) is 4.62. The molecular formula is C22H23N5O. The maximum absolute atomic E-state index is 12.5. The SMILES string of the molecule is Cc1ccc2nc(CN3CCC(C(=O)Nc4ccc(C#N)cc4)CC3)[nH]c2c1. The summed E-state index contributed by atoms with van der Waals surface area (Å²) in [6.07, 6.45) is 1.67. The Morgan fingerprint density at radius 3 is 2.71 bits per heavy atom. The number of nitriles is 1. The molecule has 2 aromatic carbocycles. The summed E-state index contributed by atoms with van der Waals surface area (Å²) in [5.74, 6) is 1.05. The highest BCUT2D eigenvalue weighted by Gasteiger charge is 2.25. The van der Waals surface area contributed by atoms with E-state index in [-0.39, 0.29) is 11.8 Å². The molecule has 0 spiro atoms. The lowest BCUT2D eigenvalue weighted by Gasteiger charge is -2.30. The summed E-state index contributed by atoms with van der Waals surface area (Å²) in [4.78, 5) is 22.9. The number of hydrogen-bond donors (Lipinski definition) is 2. The van der Waals surface area contributed by atoms with Crippen LogP contribution in [0, 0.1) is 24.2 Å². The molecule has 0 bridgehead atoms. The van der Waals surface area contributed by atoms with Crippen molar-refractivity contribution in [1.82, 2.24) is 14.9 Å². The van der Waals surface area contributed by atoms with Gasteiger partial charge in [-0.1, -0.05) is 6.07 Å². The number of hydrogen-bond acceptors (Lipinski definition) is 4. The van der Waals surface area contributed by atoms with E-state index in [0.29, 0.717) is 5.56 Å². The molecule has 0 saturated carbocycles. The van der Waals surface area contributed by atoms with Gasteiger partial charge in [0.05, 0.1) is 29.2 Å². The average Bonchev–Trinajstić information content (AvgIpc) is 3.10. The molecule has 0 atom stereocenters. The molecule has 0 aliphatic carbocycles. The van der Waals surface area contributed by atoms with Gasteiger partial charge in [0, 0.05) is 11.6 Å². The first-order valence-corrected chi connectivity index (χ1v) is 9.59. The molecule has 1 aliphatic rings. The summed E-state index contributed by atoms with van der Waals surface area (Å²) in [6, 6.07) is 15.3. The number of nitrogens with zero attached hydrogens (tertiary/aromatic N) is 3. The van der Waals surface area contributed by atoms with E-state index in [2.05, 4.69) is 45.3 Å². The largest absolute Gasteiger partial charge is 0.341 e. The molecular weight excluding hydrogens is 350 g/mol. The van der Waals surface area contributed by atoms with Crippen molar-refractivity contribution in [3.05, 3.63) is 59.4 Å². The number of imidazole rings is 1.